The summed E-state index contributed by atoms with van der Waals surface area (Å²) < 4.78 is 5.62. The highest BCUT2D eigenvalue weighted by molar-refractivity contribution is 6.30. The molecule has 2 aromatic heterocycles. The molecule has 4 rings (SSSR count). The van der Waals surface area contributed by atoms with Gasteiger partial charge in [0.2, 0.25) is 6.23 Å². The molecule has 2 N–H and O–H groups in total. The Kier molecular flexibility index (Phi) is 4.89. The predicted molar refractivity (Wildman–Crippen MR) is 100 cm³/mol. The third-order valence-electron chi connectivity index (χ3n) is 4.64. The van der Waals surface area contributed by atoms with Gasteiger partial charge in [-0.3, -0.25) is 9.78 Å². The van der Waals surface area contributed by atoms with Crippen molar-refractivity contribution in [3.8, 4) is 0 Å². The number of amides is 4. The van der Waals surface area contributed by atoms with Gasteiger partial charge in [-0.15, -0.1) is 0 Å². The first-order valence-corrected chi connectivity index (χ1v) is 9.09. The van der Waals surface area contributed by atoms with E-state index in [1.807, 2.05) is 0 Å². The summed E-state index contributed by atoms with van der Waals surface area (Å²) in [5.74, 6) is -0.241. The van der Waals surface area contributed by atoms with E-state index in [0.29, 0.717) is 18.1 Å². The predicted octanol–water partition coefficient (Wildman–Crippen LogP) is 1.02. The molecular formula is C17H16ClN7O4. The lowest BCUT2D eigenvalue weighted by Crippen LogP contribution is -2.52. The minimum Gasteiger partial charge on any atom is -0.419 e. The van der Waals surface area contributed by atoms with E-state index in [1.165, 1.54) is 33.3 Å². The second-order valence-electron chi connectivity index (χ2n) is 6.35. The SMILES string of the molecule is NC(=O)N1CCN(C(=O)O[C@H]2c3nccnc3C(=O)N2c2ccc(Cl)cn2)CC1. The molecule has 0 saturated carbocycles. The van der Waals surface area contributed by atoms with Crippen molar-refractivity contribution in [2.24, 2.45) is 5.73 Å². The number of aromatic nitrogens is 3. The van der Waals surface area contributed by atoms with Crippen molar-refractivity contribution in [1.29, 1.82) is 0 Å². The molecule has 2 aliphatic heterocycles. The van der Waals surface area contributed by atoms with Crippen molar-refractivity contribution in [1.82, 2.24) is 24.8 Å². The van der Waals surface area contributed by atoms with Gasteiger partial charge in [-0.2, -0.15) is 0 Å². The number of nitrogens with zero attached hydrogens (tertiary/aromatic N) is 6. The van der Waals surface area contributed by atoms with Crippen LogP contribution in [-0.2, 0) is 4.74 Å². The number of hydrogen-bond donors (Lipinski definition) is 1. The van der Waals surface area contributed by atoms with Crippen LogP contribution in [0.5, 0.6) is 0 Å². The maximum Gasteiger partial charge on any atom is 0.412 e. The van der Waals surface area contributed by atoms with E-state index in [9.17, 15) is 14.4 Å². The fraction of sp³-hybridized carbons (Fsp3) is 0.294. The third-order valence-corrected chi connectivity index (χ3v) is 4.86. The molecule has 0 aliphatic carbocycles. The van der Waals surface area contributed by atoms with Crippen LogP contribution in [-0.4, -0.2) is 69.0 Å². The lowest BCUT2D eigenvalue weighted by molar-refractivity contribution is 0.0485. The molecule has 0 radical (unpaired) electrons. The van der Waals surface area contributed by atoms with Crippen LogP contribution < -0.4 is 10.6 Å². The van der Waals surface area contributed by atoms with Crippen LogP contribution in [0.4, 0.5) is 15.4 Å². The summed E-state index contributed by atoms with van der Waals surface area (Å²) >= 11 is 5.88. The minimum absolute atomic E-state index is 0.0839. The van der Waals surface area contributed by atoms with Crippen LogP contribution in [0.2, 0.25) is 5.02 Å². The molecule has 29 heavy (non-hydrogen) atoms. The Balaban J connectivity index is 1.58. The molecule has 150 valence electrons. The summed E-state index contributed by atoms with van der Waals surface area (Å²) in [6, 6.07) is 2.57. The molecule has 0 aromatic carbocycles. The summed E-state index contributed by atoms with van der Waals surface area (Å²) in [6.07, 6.45) is 2.41. The number of hydrogen-bond acceptors (Lipinski definition) is 7. The van der Waals surface area contributed by atoms with E-state index in [2.05, 4.69) is 15.0 Å². The summed E-state index contributed by atoms with van der Waals surface area (Å²) in [7, 11) is 0. The Bertz CT molecular complexity index is 963. The van der Waals surface area contributed by atoms with Crippen molar-refractivity contribution in [3.05, 3.63) is 47.1 Å². The van der Waals surface area contributed by atoms with Gasteiger partial charge < -0.3 is 20.3 Å². The first-order valence-electron chi connectivity index (χ1n) is 8.71. The lowest BCUT2D eigenvalue weighted by Gasteiger charge is -2.34. The molecule has 11 nitrogen and oxygen atoms in total. The first-order chi connectivity index (χ1) is 14.0. The maximum absolute atomic E-state index is 12.9. The van der Waals surface area contributed by atoms with Gasteiger partial charge in [0, 0.05) is 44.8 Å². The van der Waals surface area contributed by atoms with Gasteiger partial charge in [0.1, 0.15) is 11.5 Å². The molecule has 1 fully saturated rings. The van der Waals surface area contributed by atoms with Gasteiger partial charge in [-0.05, 0) is 12.1 Å². The second-order valence-corrected chi connectivity index (χ2v) is 6.78. The highest BCUT2D eigenvalue weighted by Gasteiger charge is 2.44. The molecule has 12 heteroatoms. The van der Waals surface area contributed by atoms with Crippen LogP contribution in [0.15, 0.2) is 30.7 Å². The molecule has 1 atom stereocenters. The minimum atomic E-state index is -1.12. The number of primary amides is 1. The van der Waals surface area contributed by atoms with E-state index < -0.39 is 24.3 Å². The molecule has 1 saturated heterocycles. The van der Waals surface area contributed by atoms with Crippen LogP contribution in [0, 0.1) is 0 Å². The largest absolute Gasteiger partial charge is 0.419 e. The Morgan fingerprint density at radius 1 is 1.07 bits per heavy atom. The number of carbonyl (C=O) groups excluding carboxylic acids is 3. The zero-order chi connectivity index (χ0) is 20.5. The normalized spacial score (nSPS) is 18.6. The first kappa shape index (κ1) is 18.9. The quantitative estimate of drug-likeness (QED) is 0.770. The van der Waals surface area contributed by atoms with Gasteiger partial charge >= 0.3 is 12.1 Å². The highest BCUT2D eigenvalue weighted by Crippen LogP contribution is 2.35. The number of halogens is 1. The van der Waals surface area contributed by atoms with Gasteiger partial charge in [-0.25, -0.2) is 24.5 Å². The standard InChI is InChI=1S/C17H16ClN7O4/c18-10-1-2-11(22-9-10)25-14(26)12-13(21-4-3-20-12)15(25)29-17(28)24-7-5-23(6-8-24)16(19)27/h1-4,9,15H,5-8H2,(H2,19,27)/t15-/m0/s1. The number of nitrogens with two attached hydrogens (primary N) is 1. The van der Waals surface area contributed by atoms with Gasteiger partial charge in [0.25, 0.3) is 5.91 Å². The van der Waals surface area contributed by atoms with E-state index in [-0.39, 0.29) is 30.3 Å². The van der Waals surface area contributed by atoms with Crippen molar-refractivity contribution in [3.63, 3.8) is 0 Å². The maximum atomic E-state index is 12.9. The topological polar surface area (TPSA) is 135 Å². The monoisotopic (exact) mass is 417 g/mol. The highest BCUT2D eigenvalue weighted by atomic mass is 35.5. The third kappa shape index (κ3) is 3.51. The van der Waals surface area contributed by atoms with Gasteiger partial charge in [0.15, 0.2) is 5.69 Å². The summed E-state index contributed by atoms with van der Waals surface area (Å²) in [6.45, 7) is 1.11. The Morgan fingerprint density at radius 2 is 1.76 bits per heavy atom. The number of fused-ring (bicyclic) bond motifs is 1. The smallest absolute Gasteiger partial charge is 0.412 e. The molecular weight excluding hydrogens is 402 g/mol. The van der Waals surface area contributed by atoms with E-state index in [0.717, 1.165) is 0 Å². The zero-order valence-corrected chi connectivity index (χ0v) is 15.8. The number of anilines is 1. The van der Waals surface area contributed by atoms with Crippen LogP contribution >= 0.6 is 11.6 Å². The number of rotatable bonds is 2. The molecule has 0 unspecified atom stereocenters. The number of urea groups is 1. The number of carbonyl (C=O) groups is 3. The average molecular weight is 418 g/mol. The second kappa shape index (κ2) is 7.51. The molecule has 4 heterocycles. The molecule has 0 spiro atoms. The average Bonchev–Trinajstić information content (AvgIpc) is 3.01. The van der Waals surface area contributed by atoms with Gasteiger partial charge in [-0.1, -0.05) is 11.6 Å². The molecule has 2 aliphatic rings. The van der Waals surface area contributed by atoms with Crippen molar-refractivity contribution >= 4 is 35.5 Å². The lowest BCUT2D eigenvalue weighted by atomic mass is 10.3. The Labute approximate surface area is 170 Å². The number of piperazine rings is 1. The van der Waals surface area contributed by atoms with Crippen molar-refractivity contribution in [2.75, 3.05) is 31.1 Å². The molecule has 4 amide bonds. The zero-order valence-electron chi connectivity index (χ0n) is 15.1. The van der Waals surface area contributed by atoms with Crippen LogP contribution in [0.25, 0.3) is 0 Å². The Hall–Kier alpha value is -3.47. The number of pyridine rings is 1. The summed E-state index contributed by atoms with van der Waals surface area (Å²) in [4.78, 5) is 53.3. The van der Waals surface area contributed by atoms with Crippen molar-refractivity contribution < 1.29 is 19.1 Å². The summed E-state index contributed by atoms with van der Waals surface area (Å²) in [5.41, 5.74) is 5.56. The van der Waals surface area contributed by atoms with Crippen LogP contribution in [0.3, 0.4) is 0 Å². The van der Waals surface area contributed by atoms with E-state index in [1.54, 1.807) is 12.1 Å². The molecule has 0 bridgehead atoms. The van der Waals surface area contributed by atoms with Crippen LogP contribution in [0.1, 0.15) is 22.4 Å². The summed E-state index contributed by atoms with van der Waals surface area (Å²) in [5, 5.41) is 0.398. The van der Waals surface area contributed by atoms with E-state index in [4.69, 9.17) is 22.1 Å². The van der Waals surface area contributed by atoms with E-state index >= 15 is 0 Å². The fourth-order valence-corrected chi connectivity index (χ4v) is 3.27. The Morgan fingerprint density at radius 3 is 2.41 bits per heavy atom. The molecule has 2 aromatic rings. The van der Waals surface area contributed by atoms with Gasteiger partial charge in [0.05, 0.1) is 5.02 Å². The fourth-order valence-electron chi connectivity index (χ4n) is 3.16. The number of ether oxygens (including phenoxy) is 1. The van der Waals surface area contributed by atoms with Crippen molar-refractivity contribution in [2.45, 2.75) is 6.23 Å².